The molecule has 1 rings (SSSR count). The summed E-state index contributed by atoms with van der Waals surface area (Å²) in [5, 5.41) is 0. The molecule has 0 spiro atoms. The number of hydrogen-bond donors (Lipinski definition) is 0. The van der Waals surface area contributed by atoms with Crippen molar-refractivity contribution < 1.29 is 8.78 Å². The summed E-state index contributed by atoms with van der Waals surface area (Å²) in [4.78, 5) is 0. The van der Waals surface area contributed by atoms with E-state index in [1.54, 1.807) is 0 Å². The molecule has 0 unspecified atom stereocenters. The zero-order chi connectivity index (χ0) is 8.43. The zero-order valence-corrected chi connectivity index (χ0v) is 5.99. The molecule has 1 aromatic carbocycles. The first-order chi connectivity index (χ1) is 5.16. The highest BCUT2D eigenvalue weighted by molar-refractivity contribution is 5.39. The van der Waals surface area contributed by atoms with Crippen LogP contribution in [0.3, 0.4) is 0 Å². The van der Waals surface area contributed by atoms with E-state index in [4.69, 9.17) is 6.42 Å². The van der Waals surface area contributed by atoms with Gasteiger partial charge in [0.1, 0.15) is 0 Å². The maximum atomic E-state index is 12.7. The molecule has 0 fully saturated rings. The SMILES string of the molecule is C#Cc1ccc(F)c(F)c1C. The molecule has 0 saturated carbocycles. The van der Waals surface area contributed by atoms with Crippen molar-refractivity contribution in [3.63, 3.8) is 0 Å². The first-order valence-electron chi connectivity index (χ1n) is 3.08. The lowest BCUT2D eigenvalue weighted by atomic mass is 10.1. The molecule has 1 aromatic rings. The minimum atomic E-state index is -0.861. The van der Waals surface area contributed by atoms with Gasteiger partial charge in [0.15, 0.2) is 11.6 Å². The van der Waals surface area contributed by atoms with Crippen molar-refractivity contribution in [2.24, 2.45) is 0 Å². The van der Waals surface area contributed by atoms with Crippen molar-refractivity contribution in [2.45, 2.75) is 6.92 Å². The summed E-state index contributed by atoms with van der Waals surface area (Å²) in [7, 11) is 0. The van der Waals surface area contributed by atoms with Gasteiger partial charge < -0.3 is 0 Å². The molecule has 0 bridgehead atoms. The summed E-state index contributed by atoms with van der Waals surface area (Å²) in [6.45, 7) is 1.45. The van der Waals surface area contributed by atoms with Gasteiger partial charge in [-0.25, -0.2) is 8.78 Å². The highest BCUT2D eigenvalue weighted by atomic mass is 19.2. The van der Waals surface area contributed by atoms with Crippen molar-refractivity contribution in [1.82, 2.24) is 0 Å². The molecule has 0 aliphatic carbocycles. The van der Waals surface area contributed by atoms with Crippen molar-refractivity contribution in [1.29, 1.82) is 0 Å². The average Bonchev–Trinajstić information content (AvgIpc) is 2.01. The summed E-state index contributed by atoms with van der Waals surface area (Å²) in [5.41, 5.74) is 0.580. The maximum absolute atomic E-state index is 12.7. The molecule has 0 aliphatic rings. The van der Waals surface area contributed by atoms with Crippen LogP contribution in [0, 0.1) is 30.9 Å². The first kappa shape index (κ1) is 7.74. The fourth-order valence-electron chi connectivity index (χ4n) is 0.808. The van der Waals surface area contributed by atoms with Gasteiger partial charge in [0.05, 0.1) is 0 Å². The Hall–Kier alpha value is -1.36. The zero-order valence-electron chi connectivity index (χ0n) is 5.99. The second kappa shape index (κ2) is 2.71. The normalized spacial score (nSPS) is 9.27. The van der Waals surface area contributed by atoms with E-state index in [9.17, 15) is 8.78 Å². The van der Waals surface area contributed by atoms with E-state index in [0.29, 0.717) is 5.56 Å². The Morgan fingerprint density at radius 1 is 1.36 bits per heavy atom. The van der Waals surface area contributed by atoms with E-state index in [1.165, 1.54) is 13.0 Å². The molecule has 0 saturated heterocycles. The Bertz CT molecular complexity index is 321. The molecule has 0 N–H and O–H groups in total. The molecule has 0 aliphatic heterocycles. The quantitative estimate of drug-likeness (QED) is 0.500. The summed E-state index contributed by atoms with van der Waals surface area (Å²) in [5.74, 6) is 0.536. The lowest BCUT2D eigenvalue weighted by molar-refractivity contribution is 0.502. The van der Waals surface area contributed by atoms with Crippen LogP contribution in [-0.4, -0.2) is 0 Å². The molecule has 0 heterocycles. The molecule has 56 valence electrons. The minimum Gasteiger partial charge on any atom is -0.204 e. The molecule has 2 heteroatoms. The van der Waals surface area contributed by atoms with Gasteiger partial charge in [-0.05, 0) is 19.1 Å². The number of rotatable bonds is 0. The van der Waals surface area contributed by atoms with Crippen LogP contribution in [0.25, 0.3) is 0 Å². The first-order valence-corrected chi connectivity index (χ1v) is 3.08. The summed E-state index contributed by atoms with van der Waals surface area (Å²) < 4.78 is 25.2. The second-order valence-electron chi connectivity index (χ2n) is 2.18. The highest BCUT2D eigenvalue weighted by Gasteiger charge is 2.06. The van der Waals surface area contributed by atoms with Crippen LogP contribution in [0.15, 0.2) is 12.1 Å². The smallest absolute Gasteiger partial charge is 0.162 e. The van der Waals surface area contributed by atoms with Crippen LogP contribution in [-0.2, 0) is 0 Å². The van der Waals surface area contributed by atoms with E-state index in [-0.39, 0.29) is 5.56 Å². The van der Waals surface area contributed by atoms with E-state index in [0.717, 1.165) is 6.07 Å². The van der Waals surface area contributed by atoms with Gasteiger partial charge in [-0.1, -0.05) is 5.92 Å². The van der Waals surface area contributed by atoms with Crippen LogP contribution < -0.4 is 0 Å². The van der Waals surface area contributed by atoms with Crippen LogP contribution >= 0.6 is 0 Å². The molecule has 0 nitrogen and oxygen atoms in total. The van der Waals surface area contributed by atoms with Crippen LogP contribution in [0.4, 0.5) is 8.78 Å². The summed E-state index contributed by atoms with van der Waals surface area (Å²) in [6, 6.07) is 2.41. The Labute approximate surface area is 63.9 Å². The van der Waals surface area contributed by atoms with Crippen molar-refractivity contribution >= 4 is 0 Å². The van der Waals surface area contributed by atoms with Gasteiger partial charge in [-0.2, -0.15) is 0 Å². The van der Waals surface area contributed by atoms with Crippen LogP contribution in [0.1, 0.15) is 11.1 Å². The van der Waals surface area contributed by atoms with E-state index >= 15 is 0 Å². The van der Waals surface area contributed by atoms with Gasteiger partial charge in [-0.15, -0.1) is 6.42 Å². The Balaban J connectivity index is 3.40. The molecule has 0 aromatic heterocycles. The minimum absolute atomic E-state index is 0.188. The Kier molecular flexibility index (Phi) is 1.91. The largest absolute Gasteiger partial charge is 0.204 e. The third kappa shape index (κ3) is 1.22. The third-order valence-corrected chi connectivity index (χ3v) is 1.49. The molecular formula is C9H6F2. The van der Waals surface area contributed by atoms with Gasteiger partial charge in [0.2, 0.25) is 0 Å². The number of terminal acetylenes is 1. The van der Waals surface area contributed by atoms with Gasteiger partial charge in [0.25, 0.3) is 0 Å². The highest BCUT2D eigenvalue weighted by Crippen LogP contribution is 2.14. The molecule has 0 radical (unpaired) electrons. The number of halogens is 2. The molecule has 0 atom stereocenters. The van der Waals surface area contributed by atoms with Gasteiger partial charge >= 0.3 is 0 Å². The topological polar surface area (TPSA) is 0 Å². The lowest BCUT2D eigenvalue weighted by Gasteiger charge is -1.99. The van der Waals surface area contributed by atoms with Crippen molar-refractivity contribution in [2.75, 3.05) is 0 Å². The van der Waals surface area contributed by atoms with Crippen LogP contribution in [0.5, 0.6) is 0 Å². The summed E-state index contributed by atoms with van der Waals surface area (Å²) in [6.07, 6.45) is 5.03. The fourth-order valence-corrected chi connectivity index (χ4v) is 0.808. The monoisotopic (exact) mass is 152 g/mol. The van der Waals surface area contributed by atoms with E-state index in [1.807, 2.05) is 0 Å². The predicted molar refractivity (Wildman–Crippen MR) is 39.0 cm³/mol. The predicted octanol–water partition coefficient (Wildman–Crippen LogP) is 2.25. The Morgan fingerprint density at radius 2 is 2.00 bits per heavy atom. The van der Waals surface area contributed by atoms with Crippen molar-refractivity contribution in [3.8, 4) is 12.3 Å². The molecule has 0 amide bonds. The van der Waals surface area contributed by atoms with Gasteiger partial charge in [-0.3, -0.25) is 0 Å². The Morgan fingerprint density at radius 3 is 2.55 bits per heavy atom. The molecular weight excluding hydrogens is 146 g/mol. The average molecular weight is 152 g/mol. The lowest BCUT2D eigenvalue weighted by Crippen LogP contribution is -1.91. The van der Waals surface area contributed by atoms with Crippen LogP contribution in [0.2, 0.25) is 0 Å². The third-order valence-electron chi connectivity index (χ3n) is 1.49. The summed E-state index contributed by atoms with van der Waals surface area (Å²) >= 11 is 0. The number of hydrogen-bond acceptors (Lipinski definition) is 0. The van der Waals surface area contributed by atoms with Crippen molar-refractivity contribution in [3.05, 3.63) is 34.9 Å². The molecule has 11 heavy (non-hydrogen) atoms. The van der Waals surface area contributed by atoms with E-state index < -0.39 is 11.6 Å². The number of benzene rings is 1. The maximum Gasteiger partial charge on any atom is 0.162 e. The standard InChI is InChI=1S/C9H6F2/c1-3-7-4-5-8(10)9(11)6(7)2/h1,4-5H,2H3. The van der Waals surface area contributed by atoms with E-state index in [2.05, 4.69) is 5.92 Å². The fraction of sp³-hybridized carbons (Fsp3) is 0.111. The second-order valence-corrected chi connectivity index (χ2v) is 2.18. The van der Waals surface area contributed by atoms with Gasteiger partial charge in [0, 0.05) is 11.1 Å².